The maximum atomic E-state index is 12.8. The van der Waals surface area contributed by atoms with Crippen LogP contribution in [0.1, 0.15) is 38.6 Å². The second-order valence-electron chi connectivity index (χ2n) is 6.35. The fourth-order valence-electron chi connectivity index (χ4n) is 2.83. The zero-order valence-electron chi connectivity index (χ0n) is 15.4. The van der Waals surface area contributed by atoms with Crippen LogP contribution in [0.4, 0.5) is 11.5 Å². The Kier molecular flexibility index (Phi) is 4.76. The van der Waals surface area contributed by atoms with Crippen LogP contribution >= 0.6 is 0 Å². The molecule has 27 heavy (non-hydrogen) atoms. The third-order valence-corrected chi connectivity index (χ3v) is 4.38. The molecule has 0 aliphatic rings. The van der Waals surface area contributed by atoms with Gasteiger partial charge in [0.25, 0.3) is 5.91 Å². The van der Waals surface area contributed by atoms with E-state index in [0.717, 1.165) is 16.8 Å². The van der Waals surface area contributed by atoms with Crippen LogP contribution < -0.4 is 5.32 Å². The number of carbonyl (C=O) groups is 1. The molecule has 0 radical (unpaired) electrons. The van der Waals surface area contributed by atoms with Crippen molar-refractivity contribution in [2.75, 3.05) is 5.32 Å². The summed E-state index contributed by atoms with van der Waals surface area (Å²) in [5.41, 5.74) is 3.85. The monoisotopic (exact) mass is 369 g/mol. The average molecular weight is 369 g/mol. The van der Waals surface area contributed by atoms with Crippen molar-refractivity contribution in [3.8, 4) is 0 Å². The fourth-order valence-corrected chi connectivity index (χ4v) is 2.83. The first-order chi connectivity index (χ1) is 12.8. The molecular weight excluding hydrogens is 350 g/mol. The lowest BCUT2D eigenvalue weighted by atomic mass is 10.1. The van der Waals surface area contributed by atoms with Crippen LogP contribution in [0.15, 0.2) is 28.8 Å². The van der Waals surface area contributed by atoms with Gasteiger partial charge in [-0.1, -0.05) is 23.4 Å². The number of benzene rings is 1. The number of rotatable bonds is 5. The molecule has 0 bridgehead atoms. The fraction of sp³-hybridized carbons (Fsp3) is 0.278. The first-order valence-electron chi connectivity index (χ1n) is 8.29. The smallest absolute Gasteiger partial charge is 0.361 e. The number of para-hydroxylation sites is 1. The lowest BCUT2D eigenvalue weighted by Crippen LogP contribution is -2.17. The maximum absolute atomic E-state index is 12.8. The Bertz CT molecular complexity index is 1010. The molecule has 1 N–H and O–H groups in total. The van der Waals surface area contributed by atoms with E-state index in [4.69, 9.17) is 4.52 Å². The van der Waals surface area contributed by atoms with Crippen molar-refractivity contribution < 1.29 is 14.2 Å². The van der Waals surface area contributed by atoms with Crippen LogP contribution in [0.2, 0.25) is 0 Å². The molecule has 0 aliphatic heterocycles. The second kappa shape index (κ2) is 7.02. The van der Waals surface area contributed by atoms with E-state index in [-0.39, 0.29) is 18.1 Å². The molecule has 0 aliphatic carbocycles. The highest BCUT2D eigenvalue weighted by atomic mass is 16.6. The quantitative estimate of drug-likeness (QED) is 0.545. The Balaban J connectivity index is 1.91. The number of aryl methyl sites for hydroxylation is 4. The number of hydrogen-bond donors (Lipinski definition) is 1. The molecule has 0 fully saturated rings. The zero-order chi connectivity index (χ0) is 19.7. The molecule has 1 aromatic carbocycles. The summed E-state index contributed by atoms with van der Waals surface area (Å²) in [7, 11) is 0. The molecule has 1 amide bonds. The Morgan fingerprint density at radius 1 is 1.26 bits per heavy atom. The Morgan fingerprint density at radius 3 is 2.52 bits per heavy atom. The Hall–Kier alpha value is -3.49. The minimum atomic E-state index is -0.557. The topological polar surface area (TPSA) is 116 Å². The van der Waals surface area contributed by atoms with Gasteiger partial charge in [-0.3, -0.25) is 4.79 Å². The first kappa shape index (κ1) is 18.3. The molecule has 3 aromatic rings. The van der Waals surface area contributed by atoms with Gasteiger partial charge >= 0.3 is 5.82 Å². The number of anilines is 1. The highest BCUT2D eigenvalue weighted by Crippen LogP contribution is 2.23. The van der Waals surface area contributed by atoms with Crippen molar-refractivity contribution in [2.24, 2.45) is 0 Å². The number of nitrogens with one attached hydrogen (secondary N) is 1. The number of nitrogens with zero attached hydrogens (tertiary/aromatic N) is 4. The number of aromatic nitrogens is 3. The van der Waals surface area contributed by atoms with Crippen molar-refractivity contribution in [1.29, 1.82) is 0 Å². The summed E-state index contributed by atoms with van der Waals surface area (Å²) in [4.78, 5) is 23.1. The largest absolute Gasteiger partial charge is 0.390 e. The van der Waals surface area contributed by atoms with Crippen LogP contribution in [-0.2, 0) is 6.54 Å². The Labute approximate surface area is 155 Å². The molecule has 0 saturated heterocycles. The number of amides is 1. The molecule has 2 heterocycles. The summed E-state index contributed by atoms with van der Waals surface area (Å²) in [6, 6.07) is 7.10. The summed E-state index contributed by atoms with van der Waals surface area (Å²) in [6.07, 6.45) is 0. The predicted octanol–water partition coefficient (Wildman–Crippen LogP) is 3.31. The Morgan fingerprint density at radius 2 is 1.93 bits per heavy atom. The van der Waals surface area contributed by atoms with Crippen LogP contribution in [0.25, 0.3) is 0 Å². The van der Waals surface area contributed by atoms with Gasteiger partial charge in [0.05, 0.1) is 29.0 Å². The van der Waals surface area contributed by atoms with Crippen LogP contribution in [0, 0.1) is 37.8 Å². The van der Waals surface area contributed by atoms with E-state index in [1.54, 1.807) is 13.8 Å². The van der Waals surface area contributed by atoms with Crippen LogP contribution in [0.3, 0.4) is 0 Å². The molecule has 9 heteroatoms. The highest BCUT2D eigenvalue weighted by molar-refractivity contribution is 6.04. The van der Waals surface area contributed by atoms with E-state index in [9.17, 15) is 14.9 Å². The molecular formula is C18H19N5O4. The molecule has 2 aromatic heterocycles. The summed E-state index contributed by atoms with van der Waals surface area (Å²) < 4.78 is 6.65. The van der Waals surface area contributed by atoms with Gasteiger partial charge in [-0.2, -0.15) is 4.68 Å². The van der Waals surface area contributed by atoms with Gasteiger partial charge in [0.1, 0.15) is 5.76 Å². The predicted molar refractivity (Wildman–Crippen MR) is 97.8 cm³/mol. The van der Waals surface area contributed by atoms with Crippen molar-refractivity contribution in [2.45, 2.75) is 34.2 Å². The molecule has 3 rings (SSSR count). The van der Waals surface area contributed by atoms with Gasteiger partial charge in [0.15, 0.2) is 5.69 Å². The lowest BCUT2D eigenvalue weighted by Gasteiger charge is -2.10. The first-order valence-corrected chi connectivity index (χ1v) is 8.29. The van der Waals surface area contributed by atoms with E-state index in [0.29, 0.717) is 17.0 Å². The molecule has 140 valence electrons. The van der Waals surface area contributed by atoms with Crippen molar-refractivity contribution >= 4 is 17.4 Å². The number of hydrogen-bond acceptors (Lipinski definition) is 6. The van der Waals surface area contributed by atoms with Gasteiger partial charge in [-0.25, -0.2) is 0 Å². The van der Waals surface area contributed by atoms with E-state index in [1.165, 1.54) is 10.7 Å². The highest BCUT2D eigenvalue weighted by Gasteiger charge is 2.24. The summed E-state index contributed by atoms with van der Waals surface area (Å²) in [5.74, 6) is -0.194. The summed E-state index contributed by atoms with van der Waals surface area (Å²) >= 11 is 0. The average Bonchev–Trinajstić information content (AvgIpc) is 3.15. The molecule has 0 unspecified atom stereocenters. The lowest BCUT2D eigenvalue weighted by molar-refractivity contribution is -0.389. The van der Waals surface area contributed by atoms with Crippen LogP contribution in [-0.4, -0.2) is 25.8 Å². The molecule has 0 saturated carbocycles. The van der Waals surface area contributed by atoms with Crippen LogP contribution in [0.5, 0.6) is 0 Å². The van der Waals surface area contributed by atoms with Gasteiger partial charge in [0.2, 0.25) is 0 Å². The molecule has 0 atom stereocenters. The summed E-state index contributed by atoms with van der Waals surface area (Å²) in [6.45, 7) is 7.35. The maximum Gasteiger partial charge on any atom is 0.390 e. The van der Waals surface area contributed by atoms with Gasteiger partial charge < -0.3 is 20.0 Å². The van der Waals surface area contributed by atoms with Crippen molar-refractivity contribution in [3.05, 3.63) is 68.2 Å². The van der Waals surface area contributed by atoms with Gasteiger partial charge in [-0.15, -0.1) is 0 Å². The SMILES string of the molecule is Cc1cccc(C)c1NC(=O)c1noc(C)c1Cn1nc([N+](=O)[O-])cc1C. The zero-order valence-corrected chi connectivity index (χ0v) is 15.4. The van der Waals surface area contributed by atoms with E-state index < -0.39 is 10.8 Å². The number of carbonyl (C=O) groups excluding carboxylic acids is 1. The normalized spacial score (nSPS) is 10.8. The standard InChI is InChI=1S/C18H19N5O4/c1-10-6-5-7-11(2)16(10)19-18(24)17-14(13(4)27-21-17)9-22-12(3)8-15(20-22)23(25)26/h5-8H,9H2,1-4H3,(H,19,24). The van der Waals surface area contributed by atoms with Gasteiger partial charge in [-0.05, 0) is 43.7 Å². The molecule has 0 spiro atoms. The van der Waals surface area contributed by atoms with E-state index in [2.05, 4.69) is 15.6 Å². The van der Waals surface area contributed by atoms with E-state index in [1.807, 2.05) is 32.0 Å². The third kappa shape index (κ3) is 3.57. The summed E-state index contributed by atoms with van der Waals surface area (Å²) in [5, 5.41) is 21.6. The minimum Gasteiger partial charge on any atom is -0.361 e. The van der Waals surface area contributed by atoms with Crippen molar-refractivity contribution in [3.63, 3.8) is 0 Å². The number of nitro groups is 1. The van der Waals surface area contributed by atoms with Gasteiger partial charge in [0, 0.05) is 5.69 Å². The second-order valence-corrected chi connectivity index (χ2v) is 6.35. The molecule has 9 nitrogen and oxygen atoms in total. The minimum absolute atomic E-state index is 0.132. The van der Waals surface area contributed by atoms with Crippen molar-refractivity contribution in [1.82, 2.24) is 14.9 Å². The third-order valence-electron chi connectivity index (χ3n) is 4.38. The van der Waals surface area contributed by atoms with E-state index >= 15 is 0 Å².